The average molecular weight is 240 g/mol. The van der Waals surface area contributed by atoms with Crippen LogP contribution in [-0.2, 0) is 10.1 Å². The van der Waals surface area contributed by atoms with E-state index in [0.29, 0.717) is 0 Å². The second kappa shape index (κ2) is 5.09. The second-order valence-electron chi connectivity index (χ2n) is 2.24. The van der Waals surface area contributed by atoms with Crippen molar-refractivity contribution in [1.82, 2.24) is 0 Å². The van der Waals surface area contributed by atoms with Crippen LogP contribution in [-0.4, -0.2) is 56.7 Å². The summed E-state index contributed by atoms with van der Waals surface area (Å²) in [6.45, 7) is 0. The molecule has 0 saturated heterocycles. The van der Waals surface area contributed by atoms with Gasteiger partial charge in [-0.25, -0.2) is 8.42 Å². The van der Waals surface area contributed by atoms with Gasteiger partial charge < -0.3 is 14.5 Å². The molecule has 0 amide bonds. The molecule has 0 heterocycles. The zero-order valence-electron chi connectivity index (χ0n) is 6.97. The zero-order chi connectivity index (χ0) is 10.1. The fourth-order valence-corrected chi connectivity index (χ4v) is 1.52. The van der Waals surface area contributed by atoms with Crippen LogP contribution in [0.5, 0.6) is 0 Å². The van der Waals surface area contributed by atoms with Gasteiger partial charge in [-0.3, -0.25) is 0 Å². The van der Waals surface area contributed by atoms with Crippen molar-refractivity contribution in [3.8, 4) is 0 Å². The Hall–Kier alpha value is -0.140. The van der Waals surface area contributed by atoms with Gasteiger partial charge in [0.25, 0.3) is 0 Å². The predicted octanol–water partition coefficient (Wildman–Crippen LogP) is -1.43. The summed E-state index contributed by atoms with van der Waals surface area (Å²) in [5, 5.41) is 10.4. The molecular formula is C7H4CaO5S. The smallest absolute Gasteiger partial charge is 0.744 e. The van der Waals surface area contributed by atoms with Crippen LogP contribution in [0.4, 0.5) is 0 Å². The molecule has 0 fully saturated rings. The summed E-state index contributed by atoms with van der Waals surface area (Å²) >= 11 is 0. The van der Waals surface area contributed by atoms with E-state index in [4.69, 9.17) is 0 Å². The molecule has 0 bridgehead atoms. The summed E-state index contributed by atoms with van der Waals surface area (Å²) in [6.07, 6.45) is 0. The number of benzene rings is 1. The Morgan fingerprint density at radius 3 is 2.07 bits per heavy atom. The van der Waals surface area contributed by atoms with E-state index in [2.05, 4.69) is 0 Å². The normalized spacial score (nSPS) is 10.4. The Labute approximate surface area is 110 Å². The molecule has 1 aromatic carbocycles. The summed E-state index contributed by atoms with van der Waals surface area (Å²) in [5.41, 5.74) is -0.613. The molecule has 70 valence electrons. The number of carboxylic acids is 1. The maximum atomic E-state index is 10.5. The molecule has 7 heteroatoms. The van der Waals surface area contributed by atoms with Gasteiger partial charge in [-0.2, -0.15) is 0 Å². The Morgan fingerprint density at radius 2 is 1.71 bits per heavy atom. The first-order valence-electron chi connectivity index (χ1n) is 3.19. The van der Waals surface area contributed by atoms with Gasteiger partial charge >= 0.3 is 37.7 Å². The van der Waals surface area contributed by atoms with Crippen LogP contribution in [0.1, 0.15) is 10.4 Å². The Morgan fingerprint density at radius 1 is 1.21 bits per heavy atom. The molecule has 0 aliphatic carbocycles. The van der Waals surface area contributed by atoms with Crippen LogP contribution in [0.2, 0.25) is 0 Å². The van der Waals surface area contributed by atoms with E-state index in [1.807, 2.05) is 0 Å². The number of hydrogen-bond donors (Lipinski definition) is 0. The Bertz CT molecular complexity index is 439. The van der Waals surface area contributed by atoms with E-state index in [9.17, 15) is 22.9 Å². The Balaban J connectivity index is 0.00000169. The molecule has 1 aromatic rings. The van der Waals surface area contributed by atoms with Gasteiger partial charge in [-0.1, -0.05) is 18.2 Å². The van der Waals surface area contributed by atoms with Crippen molar-refractivity contribution in [2.24, 2.45) is 0 Å². The number of carboxylic acid groups (broad SMARTS) is 1. The monoisotopic (exact) mass is 240 g/mol. The number of carbonyl (C=O) groups is 1. The van der Waals surface area contributed by atoms with Gasteiger partial charge in [0.05, 0.1) is 10.9 Å². The summed E-state index contributed by atoms with van der Waals surface area (Å²) < 4.78 is 31.5. The molecule has 0 saturated carbocycles. The van der Waals surface area contributed by atoms with Crippen molar-refractivity contribution in [1.29, 1.82) is 0 Å². The Kier molecular flexibility index (Phi) is 5.03. The third-order valence-corrected chi connectivity index (χ3v) is 2.27. The van der Waals surface area contributed by atoms with Crippen molar-refractivity contribution >= 4 is 53.8 Å². The first-order valence-corrected chi connectivity index (χ1v) is 4.60. The van der Waals surface area contributed by atoms with E-state index in [1.54, 1.807) is 0 Å². The molecule has 0 radical (unpaired) electrons. The van der Waals surface area contributed by atoms with Gasteiger partial charge in [0.2, 0.25) is 0 Å². The van der Waals surface area contributed by atoms with Crippen molar-refractivity contribution in [3.63, 3.8) is 0 Å². The minimum atomic E-state index is -4.75. The standard InChI is InChI=1S/C7H6O5S.Ca/c8-7(9)5-3-1-2-4-6(5)13(10,11)12;/h1-4H,(H,8,9)(H,10,11,12);/q;+2/p-2. The van der Waals surface area contributed by atoms with Crippen molar-refractivity contribution in [3.05, 3.63) is 29.8 Å². The predicted molar refractivity (Wildman–Crippen MR) is 44.5 cm³/mol. The van der Waals surface area contributed by atoms with Crippen molar-refractivity contribution < 1.29 is 22.9 Å². The van der Waals surface area contributed by atoms with Crippen LogP contribution >= 0.6 is 0 Å². The first kappa shape index (κ1) is 13.9. The van der Waals surface area contributed by atoms with Gasteiger partial charge in [-0.15, -0.1) is 0 Å². The van der Waals surface area contributed by atoms with Crippen LogP contribution in [0.3, 0.4) is 0 Å². The average Bonchev–Trinajstić information content (AvgIpc) is 2.03. The summed E-state index contributed by atoms with van der Waals surface area (Å²) in [6, 6.07) is 4.49. The van der Waals surface area contributed by atoms with Crippen LogP contribution in [0, 0.1) is 0 Å². The summed E-state index contributed by atoms with van der Waals surface area (Å²) in [7, 11) is -4.75. The molecule has 0 unspecified atom stereocenters. The first-order chi connectivity index (χ1) is 5.93. The maximum Gasteiger partial charge on any atom is 2.00 e. The van der Waals surface area contributed by atoms with E-state index < -0.39 is 26.5 Å². The van der Waals surface area contributed by atoms with Crippen molar-refractivity contribution in [2.45, 2.75) is 4.90 Å². The fourth-order valence-electron chi connectivity index (χ4n) is 0.853. The molecule has 0 N–H and O–H groups in total. The molecule has 1 rings (SSSR count). The maximum absolute atomic E-state index is 10.5. The molecular weight excluding hydrogens is 236 g/mol. The number of carbonyl (C=O) groups excluding carboxylic acids is 1. The van der Waals surface area contributed by atoms with Crippen LogP contribution < -0.4 is 5.11 Å². The van der Waals surface area contributed by atoms with Gasteiger partial charge in [0, 0.05) is 5.56 Å². The summed E-state index contributed by atoms with van der Waals surface area (Å²) in [5.74, 6) is -1.69. The molecule has 0 atom stereocenters. The van der Waals surface area contributed by atoms with Crippen LogP contribution in [0.25, 0.3) is 0 Å². The van der Waals surface area contributed by atoms with Crippen molar-refractivity contribution in [2.75, 3.05) is 0 Å². The molecule has 14 heavy (non-hydrogen) atoms. The van der Waals surface area contributed by atoms with Gasteiger partial charge in [0.1, 0.15) is 10.1 Å². The zero-order valence-corrected chi connectivity index (χ0v) is 9.99. The SMILES string of the molecule is O=C([O-])c1ccccc1S(=O)(=O)[O-].[Ca+2]. The third-order valence-electron chi connectivity index (χ3n) is 1.38. The molecule has 0 spiro atoms. The van der Waals surface area contributed by atoms with E-state index in [0.717, 1.165) is 12.1 Å². The number of hydrogen-bond acceptors (Lipinski definition) is 5. The van der Waals surface area contributed by atoms with Gasteiger partial charge in [-0.05, 0) is 6.07 Å². The third kappa shape index (κ3) is 3.21. The molecule has 5 nitrogen and oxygen atoms in total. The van der Waals surface area contributed by atoms with E-state index in [1.165, 1.54) is 12.1 Å². The minimum Gasteiger partial charge on any atom is -0.744 e. The van der Waals surface area contributed by atoms with E-state index >= 15 is 0 Å². The van der Waals surface area contributed by atoms with E-state index in [-0.39, 0.29) is 37.7 Å². The quantitative estimate of drug-likeness (QED) is 0.466. The second-order valence-corrected chi connectivity index (χ2v) is 3.59. The van der Waals surface area contributed by atoms with Gasteiger partial charge in [0.15, 0.2) is 0 Å². The summed E-state index contributed by atoms with van der Waals surface area (Å²) in [4.78, 5) is 9.59. The topological polar surface area (TPSA) is 97.3 Å². The minimum absolute atomic E-state index is 0. The number of rotatable bonds is 2. The largest absolute Gasteiger partial charge is 2.00 e. The van der Waals surface area contributed by atoms with Crippen LogP contribution in [0.15, 0.2) is 29.2 Å². The fraction of sp³-hybridized carbons (Fsp3) is 0. The molecule has 0 aliphatic heterocycles. The molecule has 0 aliphatic rings. The molecule has 0 aromatic heterocycles. The number of aromatic carboxylic acids is 1.